The van der Waals surface area contributed by atoms with Gasteiger partial charge in [-0.3, -0.25) is 9.69 Å². The first-order valence-electron chi connectivity index (χ1n) is 5.15. The molecule has 1 aromatic heterocycles. The van der Waals surface area contributed by atoms with Gasteiger partial charge in [-0.05, 0) is 6.42 Å². The molecule has 0 aromatic carbocycles. The van der Waals surface area contributed by atoms with Gasteiger partial charge in [0.05, 0.1) is 19.1 Å². The summed E-state index contributed by atoms with van der Waals surface area (Å²) in [6.07, 6.45) is 0.709. The summed E-state index contributed by atoms with van der Waals surface area (Å²) in [5, 5.41) is 18.0. The molecule has 16 heavy (non-hydrogen) atoms. The van der Waals surface area contributed by atoms with Crippen LogP contribution in [0.2, 0.25) is 0 Å². The quantitative estimate of drug-likeness (QED) is 0.649. The van der Waals surface area contributed by atoms with E-state index >= 15 is 0 Å². The summed E-state index contributed by atoms with van der Waals surface area (Å²) in [6.45, 7) is 2.45. The summed E-state index contributed by atoms with van der Waals surface area (Å²) in [6, 6.07) is 0. The molecule has 1 saturated heterocycles. The van der Waals surface area contributed by atoms with Gasteiger partial charge >= 0.3 is 0 Å². The van der Waals surface area contributed by atoms with Gasteiger partial charge in [0, 0.05) is 5.75 Å². The molecule has 1 atom stereocenters. The van der Waals surface area contributed by atoms with Gasteiger partial charge in [0.1, 0.15) is 0 Å². The fourth-order valence-electron chi connectivity index (χ4n) is 1.43. The minimum absolute atomic E-state index is 0.0734. The maximum absolute atomic E-state index is 11.5. The molecule has 1 aromatic rings. The van der Waals surface area contributed by atoms with Crippen LogP contribution in [0, 0.1) is 0 Å². The molecular weight excluding hydrogens is 246 g/mol. The summed E-state index contributed by atoms with van der Waals surface area (Å²) in [5.41, 5.74) is 0. The number of anilines is 1. The van der Waals surface area contributed by atoms with Gasteiger partial charge < -0.3 is 5.11 Å². The largest absolute Gasteiger partial charge is 0.391 e. The number of hydrogen-bond donors (Lipinski definition) is 1. The van der Waals surface area contributed by atoms with Crippen molar-refractivity contribution in [3.8, 4) is 0 Å². The zero-order valence-corrected chi connectivity index (χ0v) is 10.6. The summed E-state index contributed by atoms with van der Waals surface area (Å²) in [4.78, 5) is 13.0. The number of amides is 1. The van der Waals surface area contributed by atoms with E-state index in [0.717, 1.165) is 16.5 Å². The van der Waals surface area contributed by atoms with Crippen molar-refractivity contribution in [1.29, 1.82) is 0 Å². The molecule has 0 bridgehead atoms. The summed E-state index contributed by atoms with van der Waals surface area (Å²) < 4.78 is 0.881. The molecule has 0 aliphatic carbocycles. The first-order valence-corrected chi connectivity index (χ1v) is 6.95. The van der Waals surface area contributed by atoms with Crippen molar-refractivity contribution >= 4 is 34.1 Å². The molecule has 0 saturated carbocycles. The van der Waals surface area contributed by atoms with E-state index in [1.54, 1.807) is 11.8 Å². The van der Waals surface area contributed by atoms with Crippen molar-refractivity contribution in [3.63, 3.8) is 0 Å². The van der Waals surface area contributed by atoms with Crippen molar-refractivity contribution in [2.24, 2.45) is 0 Å². The summed E-state index contributed by atoms with van der Waals surface area (Å²) >= 11 is 3.06. The van der Waals surface area contributed by atoms with Crippen LogP contribution in [0.1, 0.15) is 19.8 Å². The van der Waals surface area contributed by atoms with E-state index < -0.39 is 6.10 Å². The molecule has 5 nitrogen and oxygen atoms in total. The standard InChI is InChI=1S/C9H13N3O2S2/c1-2-3-15-9-11-10-8(16-9)12-5-6(13)4-7(12)14/h6,13H,2-5H2,1H3. The van der Waals surface area contributed by atoms with Gasteiger partial charge in [-0.2, -0.15) is 0 Å². The molecule has 1 amide bonds. The van der Waals surface area contributed by atoms with E-state index in [1.165, 1.54) is 16.2 Å². The van der Waals surface area contributed by atoms with Gasteiger partial charge in [-0.1, -0.05) is 30.0 Å². The Morgan fingerprint density at radius 3 is 3.06 bits per heavy atom. The predicted octanol–water partition coefficient (Wildman–Crippen LogP) is 1.14. The van der Waals surface area contributed by atoms with E-state index in [9.17, 15) is 9.90 Å². The van der Waals surface area contributed by atoms with Crippen LogP contribution in [0.25, 0.3) is 0 Å². The molecule has 2 rings (SSSR count). The molecule has 1 unspecified atom stereocenters. The van der Waals surface area contributed by atoms with Crippen molar-refractivity contribution in [2.75, 3.05) is 17.2 Å². The average Bonchev–Trinajstić information content (AvgIpc) is 2.82. The number of aliphatic hydroxyl groups is 1. The SMILES string of the molecule is CCCSc1nnc(N2CC(O)CC2=O)s1. The van der Waals surface area contributed by atoms with E-state index in [4.69, 9.17) is 0 Å². The first kappa shape index (κ1) is 11.8. The maximum atomic E-state index is 11.5. The van der Waals surface area contributed by atoms with Crippen LogP contribution >= 0.6 is 23.1 Å². The molecule has 1 N–H and O–H groups in total. The van der Waals surface area contributed by atoms with Crippen LogP contribution in [0.4, 0.5) is 5.13 Å². The predicted molar refractivity (Wildman–Crippen MR) is 63.9 cm³/mol. The third-order valence-corrected chi connectivity index (χ3v) is 4.45. The molecule has 2 heterocycles. The lowest BCUT2D eigenvalue weighted by Crippen LogP contribution is -2.24. The molecule has 88 valence electrons. The number of aromatic nitrogens is 2. The molecule has 1 aliphatic heterocycles. The third kappa shape index (κ3) is 2.53. The highest BCUT2D eigenvalue weighted by molar-refractivity contribution is 8.01. The van der Waals surface area contributed by atoms with Crippen LogP contribution in [-0.4, -0.2) is 39.6 Å². The van der Waals surface area contributed by atoms with E-state index in [0.29, 0.717) is 11.7 Å². The zero-order valence-electron chi connectivity index (χ0n) is 8.92. The Kier molecular flexibility index (Phi) is 3.78. The highest BCUT2D eigenvalue weighted by Crippen LogP contribution is 2.30. The number of aliphatic hydroxyl groups excluding tert-OH is 1. The Labute approximate surface area is 102 Å². The van der Waals surface area contributed by atoms with Crippen molar-refractivity contribution in [1.82, 2.24) is 10.2 Å². The van der Waals surface area contributed by atoms with Crippen LogP contribution in [-0.2, 0) is 4.79 Å². The molecule has 1 fully saturated rings. The van der Waals surface area contributed by atoms with Gasteiger partial charge in [-0.15, -0.1) is 10.2 Å². The van der Waals surface area contributed by atoms with Crippen LogP contribution in [0.15, 0.2) is 4.34 Å². The number of thioether (sulfide) groups is 1. The van der Waals surface area contributed by atoms with E-state index in [1.807, 2.05) is 0 Å². The fourth-order valence-corrected chi connectivity index (χ4v) is 3.23. The number of β-amino-alcohol motifs (C(OH)–C–C–N with tert-alkyl or cyclic N) is 1. The Morgan fingerprint density at radius 2 is 2.44 bits per heavy atom. The Hall–Kier alpha value is -0.660. The number of hydrogen-bond acceptors (Lipinski definition) is 6. The second-order valence-corrected chi connectivity index (χ2v) is 5.86. The topological polar surface area (TPSA) is 66.3 Å². The molecule has 0 radical (unpaired) electrons. The lowest BCUT2D eigenvalue weighted by Gasteiger charge is -2.09. The summed E-state index contributed by atoms with van der Waals surface area (Å²) in [7, 11) is 0. The van der Waals surface area contributed by atoms with E-state index in [2.05, 4.69) is 17.1 Å². The van der Waals surface area contributed by atoms with Gasteiger partial charge in [-0.25, -0.2) is 0 Å². The van der Waals surface area contributed by atoms with Crippen LogP contribution in [0.5, 0.6) is 0 Å². The third-order valence-electron chi connectivity index (χ3n) is 2.16. The van der Waals surface area contributed by atoms with Gasteiger partial charge in [0.15, 0.2) is 4.34 Å². The second-order valence-electron chi connectivity index (χ2n) is 3.56. The highest BCUT2D eigenvalue weighted by Gasteiger charge is 2.31. The highest BCUT2D eigenvalue weighted by atomic mass is 32.2. The zero-order chi connectivity index (χ0) is 11.5. The fraction of sp³-hybridized carbons (Fsp3) is 0.667. The number of rotatable bonds is 4. The van der Waals surface area contributed by atoms with Crippen molar-refractivity contribution in [3.05, 3.63) is 0 Å². The number of nitrogens with zero attached hydrogens (tertiary/aromatic N) is 3. The minimum atomic E-state index is -0.567. The molecule has 7 heteroatoms. The van der Waals surface area contributed by atoms with Crippen molar-refractivity contribution < 1.29 is 9.90 Å². The minimum Gasteiger partial charge on any atom is -0.391 e. The maximum Gasteiger partial charge on any atom is 0.231 e. The summed E-state index contributed by atoms with van der Waals surface area (Å²) in [5.74, 6) is 0.932. The van der Waals surface area contributed by atoms with E-state index in [-0.39, 0.29) is 12.3 Å². The van der Waals surface area contributed by atoms with Crippen LogP contribution in [0.3, 0.4) is 0 Å². The molecule has 1 aliphatic rings. The van der Waals surface area contributed by atoms with Crippen molar-refractivity contribution in [2.45, 2.75) is 30.2 Å². The monoisotopic (exact) mass is 259 g/mol. The smallest absolute Gasteiger partial charge is 0.231 e. The Balaban J connectivity index is 2.04. The van der Waals surface area contributed by atoms with Gasteiger partial charge in [0.2, 0.25) is 11.0 Å². The second kappa shape index (κ2) is 5.11. The molecular formula is C9H13N3O2S2. The average molecular weight is 259 g/mol. The Morgan fingerprint density at radius 1 is 1.62 bits per heavy atom. The number of carbonyl (C=O) groups is 1. The number of carbonyl (C=O) groups excluding carboxylic acids is 1. The van der Waals surface area contributed by atoms with Crippen LogP contribution < -0.4 is 4.90 Å². The normalized spacial score (nSPS) is 20.8. The first-order chi connectivity index (χ1) is 7.70. The molecule has 0 spiro atoms. The lowest BCUT2D eigenvalue weighted by atomic mass is 10.3. The van der Waals surface area contributed by atoms with Gasteiger partial charge in [0.25, 0.3) is 0 Å². The Bertz CT molecular complexity index is 383. The lowest BCUT2D eigenvalue weighted by molar-refractivity contribution is -0.117.